The van der Waals surface area contributed by atoms with E-state index in [9.17, 15) is 22.8 Å². The Bertz CT molecular complexity index is 474. The number of carbonyl (C=O) groups is 2. The molecule has 0 fully saturated rings. The van der Waals surface area contributed by atoms with E-state index in [1.807, 2.05) is 0 Å². The van der Waals surface area contributed by atoms with Gasteiger partial charge in [-0.1, -0.05) is 18.2 Å². The summed E-state index contributed by atoms with van der Waals surface area (Å²) in [4.78, 5) is 21.9. The Hall–Kier alpha value is -2.25. The normalized spacial score (nSPS) is 10.9. The van der Waals surface area contributed by atoms with Crippen molar-refractivity contribution in [1.29, 1.82) is 0 Å². The van der Waals surface area contributed by atoms with Crippen molar-refractivity contribution >= 4 is 17.7 Å². The first-order valence-electron chi connectivity index (χ1n) is 5.14. The zero-order valence-electron chi connectivity index (χ0n) is 9.66. The van der Waals surface area contributed by atoms with Gasteiger partial charge < -0.3 is 10.5 Å². The van der Waals surface area contributed by atoms with Crippen LogP contribution in [-0.4, -0.2) is 24.8 Å². The minimum atomic E-state index is -4.59. The fourth-order valence-electron chi connectivity index (χ4n) is 1.28. The average molecular weight is 276 g/mol. The Labute approximate surface area is 106 Å². The molecule has 1 rings (SSSR count). The molecule has 0 bridgehead atoms. The third kappa shape index (κ3) is 5.75. The highest BCUT2D eigenvalue weighted by molar-refractivity contribution is 5.87. The van der Waals surface area contributed by atoms with E-state index in [-0.39, 0.29) is 12.1 Å². The fourth-order valence-corrected chi connectivity index (χ4v) is 1.28. The van der Waals surface area contributed by atoms with Crippen molar-refractivity contribution in [1.82, 2.24) is 0 Å². The molecule has 0 spiro atoms. The summed E-state index contributed by atoms with van der Waals surface area (Å²) in [5.41, 5.74) is 5.57. The van der Waals surface area contributed by atoms with Crippen LogP contribution < -0.4 is 11.1 Å². The molecule has 3 N–H and O–H groups in total. The summed E-state index contributed by atoms with van der Waals surface area (Å²) >= 11 is 0. The molecule has 0 aromatic heterocycles. The summed E-state index contributed by atoms with van der Waals surface area (Å²) in [6.45, 7) is -1.68. The minimum Gasteiger partial charge on any atom is -0.440 e. The van der Waals surface area contributed by atoms with Gasteiger partial charge in [-0.05, 0) is 11.6 Å². The number of carbonyl (C=O) groups excluding carboxylic acids is 2. The molecule has 1 aromatic carbocycles. The lowest BCUT2D eigenvalue weighted by Gasteiger charge is -2.11. The van der Waals surface area contributed by atoms with Crippen molar-refractivity contribution in [3.05, 3.63) is 29.8 Å². The second kappa shape index (κ2) is 6.07. The number of anilines is 1. The van der Waals surface area contributed by atoms with E-state index < -0.39 is 24.8 Å². The minimum absolute atomic E-state index is 0.143. The maximum absolute atomic E-state index is 11.8. The first-order valence-corrected chi connectivity index (χ1v) is 5.14. The lowest BCUT2D eigenvalue weighted by molar-refractivity contribution is -0.159. The van der Waals surface area contributed by atoms with E-state index in [2.05, 4.69) is 10.1 Å². The first-order chi connectivity index (χ1) is 8.78. The van der Waals surface area contributed by atoms with Crippen LogP contribution in [0.5, 0.6) is 0 Å². The third-order valence-electron chi connectivity index (χ3n) is 1.99. The molecule has 5 nitrogen and oxygen atoms in total. The highest BCUT2D eigenvalue weighted by atomic mass is 19.4. The Morgan fingerprint density at radius 3 is 2.47 bits per heavy atom. The summed E-state index contributed by atoms with van der Waals surface area (Å²) < 4.78 is 39.5. The Morgan fingerprint density at radius 2 is 1.89 bits per heavy atom. The van der Waals surface area contributed by atoms with E-state index >= 15 is 0 Å². The van der Waals surface area contributed by atoms with Crippen LogP contribution >= 0.6 is 0 Å². The van der Waals surface area contributed by atoms with Gasteiger partial charge in [0.15, 0.2) is 6.61 Å². The van der Waals surface area contributed by atoms with Crippen LogP contribution in [0.3, 0.4) is 0 Å². The van der Waals surface area contributed by atoms with Crippen molar-refractivity contribution in [3.63, 3.8) is 0 Å². The third-order valence-corrected chi connectivity index (χ3v) is 1.99. The molecule has 19 heavy (non-hydrogen) atoms. The topological polar surface area (TPSA) is 81.4 Å². The second-order valence-corrected chi connectivity index (χ2v) is 3.62. The van der Waals surface area contributed by atoms with Crippen molar-refractivity contribution in [2.75, 3.05) is 11.9 Å². The number of ether oxygens (including phenoxy) is 1. The summed E-state index contributed by atoms with van der Waals surface area (Å²) in [5, 5.41) is 2.12. The van der Waals surface area contributed by atoms with Gasteiger partial charge in [-0.2, -0.15) is 13.2 Å². The number of halogens is 3. The van der Waals surface area contributed by atoms with Gasteiger partial charge in [-0.25, -0.2) is 4.79 Å². The summed E-state index contributed by atoms with van der Waals surface area (Å²) in [7, 11) is 0. The van der Waals surface area contributed by atoms with Gasteiger partial charge in [0.05, 0.1) is 6.42 Å². The lowest BCUT2D eigenvalue weighted by Crippen LogP contribution is -2.24. The number of hydrogen-bond acceptors (Lipinski definition) is 3. The van der Waals surface area contributed by atoms with Crippen molar-refractivity contribution < 1.29 is 27.5 Å². The van der Waals surface area contributed by atoms with Gasteiger partial charge in [0.1, 0.15) is 0 Å². The largest absolute Gasteiger partial charge is 0.440 e. The second-order valence-electron chi connectivity index (χ2n) is 3.62. The summed E-state index contributed by atoms with van der Waals surface area (Å²) in [6, 6.07) is 6.09. The lowest BCUT2D eigenvalue weighted by atomic mass is 10.1. The molecule has 2 amide bonds. The molecule has 0 atom stereocenters. The van der Waals surface area contributed by atoms with E-state index in [0.717, 1.165) is 0 Å². The quantitative estimate of drug-likeness (QED) is 0.880. The van der Waals surface area contributed by atoms with Crippen molar-refractivity contribution in [3.8, 4) is 0 Å². The van der Waals surface area contributed by atoms with Crippen LogP contribution in [0.15, 0.2) is 24.3 Å². The molecule has 0 aliphatic rings. The van der Waals surface area contributed by atoms with Crippen LogP contribution in [-0.2, 0) is 16.0 Å². The summed E-state index contributed by atoms with van der Waals surface area (Å²) in [6.07, 6.45) is -5.99. The van der Waals surface area contributed by atoms with E-state index in [4.69, 9.17) is 5.73 Å². The molecule has 0 saturated heterocycles. The molecule has 0 aliphatic carbocycles. The van der Waals surface area contributed by atoms with Gasteiger partial charge in [-0.3, -0.25) is 10.1 Å². The first kappa shape index (κ1) is 14.8. The monoisotopic (exact) mass is 276 g/mol. The average Bonchev–Trinajstić information content (AvgIpc) is 2.27. The molecule has 0 radical (unpaired) electrons. The smallest absolute Gasteiger partial charge is 0.422 e. The molecule has 0 heterocycles. The maximum Gasteiger partial charge on any atom is 0.422 e. The Kier molecular flexibility index (Phi) is 4.74. The molecule has 8 heteroatoms. The predicted octanol–water partition coefficient (Wildman–Crippen LogP) is 1.83. The fraction of sp³-hybridized carbons (Fsp3) is 0.273. The van der Waals surface area contributed by atoms with Crippen LogP contribution in [0.25, 0.3) is 0 Å². The molecular formula is C11H11F3N2O3. The van der Waals surface area contributed by atoms with Gasteiger partial charge in [0.2, 0.25) is 5.91 Å². The number of amides is 2. The number of alkyl halides is 3. The maximum atomic E-state index is 11.8. The predicted molar refractivity (Wildman–Crippen MR) is 60.4 cm³/mol. The number of primary amides is 1. The molecule has 0 unspecified atom stereocenters. The number of nitrogens with one attached hydrogen (secondary N) is 1. The van der Waals surface area contributed by atoms with E-state index in [1.54, 1.807) is 12.1 Å². The van der Waals surface area contributed by atoms with Crippen LogP contribution in [0.4, 0.5) is 23.7 Å². The number of rotatable bonds is 4. The van der Waals surface area contributed by atoms with Crippen molar-refractivity contribution in [2.45, 2.75) is 12.6 Å². The van der Waals surface area contributed by atoms with Crippen LogP contribution in [0.2, 0.25) is 0 Å². The standard InChI is InChI=1S/C11H11F3N2O3/c12-11(13,14)6-19-10(18)16-8-4-2-1-3-7(8)5-9(15)17/h1-4H,5-6H2,(H2,15,17)(H,16,18). The summed E-state index contributed by atoms with van der Waals surface area (Å²) in [5.74, 6) is -0.627. The molecule has 104 valence electrons. The van der Waals surface area contributed by atoms with Crippen molar-refractivity contribution in [2.24, 2.45) is 5.73 Å². The van der Waals surface area contributed by atoms with Gasteiger partial charge in [-0.15, -0.1) is 0 Å². The highest BCUT2D eigenvalue weighted by Gasteiger charge is 2.29. The van der Waals surface area contributed by atoms with Gasteiger partial charge >= 0.3 is 12.3 Å². The van der Waals surface area contributed by atoms with Gasteiger partial charge in [0, 0.05) is 5.69 Å². The highest BCUT2D eigenvalue weighted by Crippen LogP contribution is 2.17. The number of hydrogen-bond donors (Lipinski definition) is 2. The van der Waals surface area contributed by atoms with Gasteiger partial charge in [0.25, 0.3) is 0 Å². The van der Waals surface area contributed by atoms with E-state index in [0.29, 0.717) is 5.56 Å². The van der Waals surface area contributed by atoms with Crippen LogP contribution in [0.1, 0.15) is 5.56 Å². The molecule has 1 aromatic rings. The number of para-hydroxylation sites is 1. The van der Waals surface area contributed by atoms with Crippen LogP contribution in [0, 0.1) is 0 Å². The Morgan fingerprint density at radius 1 is 1.26 bits per heavy atom. The zero-order chi connectivity index (χ0) is 14.5. The molecule has 0 aliphatic heterocycles. The zero-order valence-corrected chi connectivity index (χ0v) is 9.66. The molecular weight excluding hydrogens is 265 g/mol. The number of benzene rings is 1. The molecule has 0 saturated carbocycles. The van der Waals surface area contributed by atoms with E-state index in [1.165, 1.54) is 12.1 Å². The SMILES string of the molecule is NC(=O)Cc1ccccc1NC(=O)OCC(F)(F)F. The Balaban J connectivity index is 2.66. The number of nitrogens with two attached hydrogens (primary N) is 1.